The zero-order valence-electron chi connectivity index (χ0n) is 12.9. The molecule has 0 unspecified atom stereocenters. The molecule has 6 heteroatoms. The second-order valence-corrected chi connectivity index (χ2v) is 5.59. The Morgan fingerprint density at radius 1 is 1.27 bits per heavy atom. The summed E-state index contributed by atoms with van der Waals surface area (Å²) in [5.74, 6) is 1.32. The highest BCUT2D eigenvalue weighted by Crippen LogP contribution is 2.19. The zero-order chi connectivity index (χ0) is 15.4. The van der Waals surface area contributed by atoms with E-state index in [9.17, 15) is 0 Å². The Balaban J connectivity index is 1.57. The largest absolute Gasteiger partial charge is 0.491 e. The standard InChI is InChI=1S/C16H22N4O2/c1-21-16-3-2-14-15(19-16)10-13(11-18-14)22-9-8-20-6-4-12(17)5-7-20/h2-3,10-12H,4-9,17H2,1H3. The van der Waals surface area contributed by atoms with Crippen LogP contribution in [0.3, 0.4) is 0 Å². The minimum Gasteiger partial charge on any atom is -0.491 e. The molecule has 3 heterocycles. The predicted octanol–water partition coefficient (Wildman–Crippen LogP) is 1.44. The number of hydrogen-bond donors (Lipinski definition) is 1. The van der Waals surface area contributed by atoms with Gasteiger partial charge in [0.25, 0.3) is 0 Å². The molecule has 1 aliphatic heterocycles. The van der Waals surface area contributed by atoms with Gasteiger partial charge in [-0.2, -0.15) is 0 Å². The first kappa shape index (κ1) is 15.0. The van der Waals surface area contributed by atoms with Crippen molar-refractivity contribution in [3.8, 4) is 11.6 Å². The minimum atomic E-state index is 0.364. The van der Waals surface area contributed by atoms with Crippen molar-refractivity contribution in [1.29, 1.82) is 0 Å². The molecular weight excluding hydrogens is 280 g/mol. The van der Waals surface area contributed by atoms with E-state index >= 15 is 0 Å². The molecular formula is C16H22N4O2. The van der Waals surface area contributed by atoms with Gasteiger partial charge in [0, 0.05) is 24.7 Å². The summed E-state index contributed by atoms with van der Waals surface area (Å²) in [6.07, 6.45) is 3.88. The quantitative estimate of drug-likeness (QED) is 0.901. The van der Waals surface area contributed by atoms with E-state index in [0.717, 1.165) is 49.3 Å². The van der Waals surface area contributed by atoms with Crippen LogP contribution >= 0.6 is 0 Å². The Labute approximate surface area is 130 Å². The molecule has 0 saturated carbocycles. The van der Waals surface area contributed by atoms with Crippen LogP contribution in [0.4, 0.5) is 0 Å². The van der Waals surface area contributed by atoms with E-state index < -0.39 is 0 Å². The normalized spacial score (nSPS) is 16.8. The summed E-state index contributed by atoms with van der Waals surface area (Å²) in [5.41, 5.74) is 7.52. The molecule has 0 aliphatic carbocycles. The second kappa shape index (κ2) is 6.89. The number of fused-ring (bicyclic) bond motifs is 1. The van der Waals surface area contributed by atoms with Gasteiger partial charge >= 0.3 is 0 Å². The number of nitrogens with two attached hydrogens (primary N) is 1. The third kappa shape index (κ3) is 3.64. The number of rotatable bonds is 5. The molecule has 1 saturated heterocycles. The van der Waals surface area contributed by atoms with Crippen LogP contribution in [0.1, 0.15) is 12.8 Å². The molecule has 0 radical (unpaired) electrons. The van der Waals surface area contributed by atoms with Crippen LogP contribution in [0.5, 0.6) is 11.6 Å². The van der Waals surface area contributed by atoms with E-state index in [1.165, 1.54) is 0 Å². The van der Waals surface area contributed by atoms with Crippen LogP contribution in [0.25, 0.3) is 11.0 Å². The number of pyridine rings is 2. The molecule has 0 atom stereocenters. The van der Waals surface area contributed by atoms with Crippen LogP contribution in [0.15, 0.2) is 24.4 Å². The lowest BCUT2D eigenvalue weighted by molar-refractivity contribution is 0.174. The van der Waals surface area contributed by atoms with Gasteiger partial charge in [0.1, 0.15) is 12.4 Å². The Hall–Kier alpha value is -1.92. The van der Waals surface area contributed by atoms with Gasteiger partial charge < -0.3 is 15.2 Å². The maximum atomic E-state index is 5.91. The maximum Gasteiger partial charge on any atom is 0.213 e. The van der Waals surface area contributed by atoms with Crippen molar-refractivity contribution in [1.82, 2.24) is 14.9 Å². The molecule has 1 fully saturated rings. The van der Waals surface area contributed by atoms with Crippen LogP contribution in [0.2, 0.25) is 0 Å². The fourth-order valence-corrected chi connectivity index (χ4v) is 2.63. The van der Waals surface area contributed by atoms with Gasteiger partial charge in [0.2, 0.25) is 5.88 Å². The van der Waals surface area contributed by atoms with Crippen molar-refractivity contribution in [2.45, 2.75) is 18.9 Å². The van der Waals surface area contributed by atoms with E-state index in [1.54, 1.807) is 19.4 Å². The summed E-state index contributed by atoms with van der Waals surface area (Å²) in [5, 5.41) is 0. The zero-order valence-corrected chi connectivity index (χ0v) is 12.9. The summed E-state index contributed by atoms with van der Waals surface area (Å²) in [7, 11) is 1.60. The number of likely N-dealkylation sites (tertiary alicyclic amines) is 1. The van der Waals surface area contributed by atoms with Crippen molar-refractivity contribution >= 4 is 11.0 Å². The molecule has 0 aromatic carbocycles. The number of ether oxygens (including phenoxy) is 2. The number of aromatic nitrogens is 2. The molecule has 0 bridgehead atoms. The molecule has 22 heavy (non-hydrogen) atoms. The number of nitrogens with zero attached hydrogens (tertiary/aromatic N) is 3. The summed E-state index contributed by atoms with van der Waals surface area (Å²) in [6.45, 7) is 3.67. The second-order valence-electron chi connectivity index (χ2n) is 5.59. The van der Waals surface area contributed by atoms with Crippen molar-refractivity contribution in [3.63, 3.8) is 0 Å². The molecule has 3 rings (SSSR count). The van der Waals surface area contributed by atoms with Gasteiger partial charge in [-0.1, -0.05) is 0 Å². The van der Waals surface area contributed by atoms with Crippen LogP contribution in [-0.4, -0.2) is 54.3 Å². The Kier molecular flexibility index (Phi) is 4.70. The van der Waals surface area contributed by atoms with Gasteiger partial charge in [-0.25, -0.2) is 4.98 Å². The van der Waals surface area contributed by atoms with Gasteiger partial charge in [-0.05, 0) is 32.0 Å². The van der Waals surface area contributed by atoms with E-state index in [4.69, 9.17) is 15.2 Å². The van der Waals surface area contributed by atoms with Crippen molar-refractivity contribution in [2.75, 3.05) is 33.4 Å². The summed E-state index contributed by atoms with van der Waals surface area (Å²) >= 11 is 0. The van der Waals surface area contributed by atoms with Crippen LogP contribution < -0.4 is 15.2 Å². The Morgan fingerprint density at radius 2 is 2.09 bits per heavy atom. The predicted molar refractivity (Wildman–Crippen MR) is 85.2 cm³/mol. The molecule has 2 aromatic heterocycles. The average molecular weight is 302 g/mol. The third-order valence-corrected chi connectivity index (χ3v) is 4.00. The smallest absolute Gasteiger partial charge is 0.213 e. The van der Waals surface area contributed by atoms with Gasteiger partial charge in [0.05, 0.1) is 24.3 Å². The lowest BCUT2D eigenvalue weighted by Crippen LogP contribution is -2.41. The SMILES string of the molecule is COc1ccc2ncc(OCCN3CCC(N)CC3)cc2n1. The van der Waals surface area contributed by atoms with E-state index in [2.05, 4.69) is 14.9 Å². The fraction of sp³-hybridized carbons (Fsp3) is 0.500. The summed E-state index contributed by atoms with van der Waals surface area (Å²) in [4.78, 5) is 11.1. The number of hydrogen-bond acceptors (Lipinski definition) is 6. The van der Waals surface area contributed by atoms with Gasteiger partial charge in [-0.3, -0.25) is 9.88 Å². The van der Waals surface area contributed by atoms with Crippen molar-refractivity contribution in [2.24, 2.45) is 5.73 Å². The Bertz CT molecular complexity index is 627. The first-order valence-corrected chi connectivity index (χ1v) is 7.66. The summed E-state index contributed by atoms with van der Waals surface area (Å²) in [6, 6.07) is 5.96. The maximum absolute atomic E-state index is 5.91. The highest BCUT2D eigenvalue weighted by molar-refractivity contribution is 5.75. The molecule has 0 spiro atoms. The minimum absolute atomic E-state index is 0.364. The van der Waals surface area contributed by atoms with E-state index in [1.807, 2.05) is 12.1 Å². The molecule has 1 aliphatic rings. The highest BCUT2D eigenvalue weighted by Gasteiger charge is 2.15. The average Bonchev–Trinajstić information content (AvgIpc) is 2.56. The summed E-state index contributed by atoms with van der Waals surface area (Å²) < 4.78 is 10.9. The molecule has 2 N–H and O–H groups in total. The Morgan fingerprint density at radius 3 is 2.86 bits per heavy atom. The lowest BCUT2D eigenvalue weighted by Gasteiger charge is -2.29. The van der Waals surface area contributed by atoms with E-state index in [0.29, 0.717) is 18.5 Å². The van der Waals surface area contributed by atoms with Crippen LogP contribution in [0, 0.1) is 0 Å². The molecule has 2 aromatic rings. The first-order chi connectivity index (χ1) is 10.7. The van der Waals surface area contributed by atoms with Gasteiger partial charge in [-0.15, -0.1) is 0 Å². The van der Waals surface area contributed by atoms with Crippen molar-refractivity contribution < 1.29 is 9.47 Å². The van der Waals surface area contributed by atoms with Crippen molar-refractivity contribution in [3.05, 3.63) is 24.4 Å². The fourth-order valence-electron chi connectivity index (χ4n) is 2.63. The molecule has 6 nitrogen and oxygen atoms in total. The van der Waals surface area contributed by atoms with Gasteiger partial charge in [0.15, 0.2) is 0 Å². The number of piperidine rings is 1. The van der Waals surface area contributed by atoms with Crippen LogP contribution in [-0.2, 0) is 0 Å². The topological polar surface area (TPSA) is 73.5 Å². The highest BCUT2D eigenvalue weighted by atomic mass is 16.5. The number of methoxy groups -OCH3 is 1. The molecule has 118 valence electrons. The molecule has 0 amide bonds. The third-order valence-electron chi connectivity index (χ3n) is 4.00. The lowest BCUT2D eigenvalue weighted by atomic mass is 10.1. The first-order valence-electron chi connectivity index (χ1n) is 7.66. The van der Waals surface area contributed by atoms with E-state index in [-0.39, 0.29) is 0 Å². The monoisotopic (exact) mass is 302 g/mol.